The molecule has 3 atom stereocenters. The average Bonchev–Trinajstić information content (AvgIpc) is 3.43. The van der Waals surface area contributed by atoms with Crippen molar-refractivity contribution in [2.45, 2.75) is 51.7 Å². The molecule has 1 N–H and O–H groups in total. The first-order chi connectivity index (χ1) is 17.4. The first kappa shape index (κ1) is 25.6. The molecule has 2 aliphatic rings. The maximum Gasteiger partial charge on any atom is 0.259 e. The highest BCUT2D eigenvalue weighted by Gasteiger charge is 2.34. The van der Waals surface area contributed by atoms with Gasteiger partial charge in [0.1, 0.15) is 11.7 Å². The molecule has 36 heavy (non-hydrogen) atoms. The quantitative estimate of drug-likeness (QED) is 0.648. The number of aliphatic hydroxyl groups is 1. The monoisotopic (exact) mass is 490 g/mol. The second-order valence-corrected chi connectivity index (χ2v) is 9.87. The molecule has 0 unspecified atom stereocenters. The fraction of sp³-hybridized carbons (Fsp3) is 0.500. The number of aliphatic hydroxyl groups excluding tert-OH is 1. The molecule has 1 saturated carbocycles. The van der Waals surface area contributed by atoms with E-state index in [-0.39, 0.29) is 36.3 Å². The summed E-state index contributed by atoms with van der Waals surface area (Å²) in [4.78, 5) is 38.2. The van der Waals surface area contributed by atoms with E-state index >= 15 is 0 Å². The SMILES string of the molecule is C[C@@H]1CN([C@@H](C)CO)C(=O)c2cc(C#CC3CCCC3)cnc2O[C@H]1CN(C)C(=O)c1ccncc1. The van der Waals surface area contributed by atoms with Crippen molar-refractivity contribution >= 4 is 11.8 Å². The second kappa shape index (κ2) is 11.5. The molecule has 0 aromatic carbocycles. The van der Waals surface area contributed by atoms with Gasteiger partial charge in [0.15, 0.2) is 0 Å². The molecule has 190 valence electrons. The van der Waals surface area contributed by atoms with Gasteiger partial charge in [-0.05, 0) is 38.0 Å². The maximum atomic E-state index is 13.5. The fourth-order valence-electron chi connectivity index (χ4n) is 4.71. The Hall–Kier alpha value is -3.44. The van der Waals surface area contributed by atoms with Gasteiger partial charge in [-0.2, -0.15) is 0 Å². The molecule has 1 fully saturated rings. The predicted octanol–water partition coefficient (Wildman–Crippen LogP) is 3.01. The zero-order chi connectivity index (χ0) is 25.7. The van der Waals surface area contributed by atoms with Gasteiger partial charge >= 0.3 is 0 Å². The van der Waals surface area contributed by atoms with Crippen LogP contribution in [0.15, 0.2) is 36.8 Å². The largest absolute Gasteiger partial charge is 0.472 e. The Morgan fingerprint density at radius 1 is 1.31 bits per heavy atom. The van der Waals surface area contributed by atoms with Crippen molar-refractivity contribution < 1.29 is 19.4 Å². The second-order valence-electron chi connectivity index (χ2n) is 9.87. The molecule has 3 heterocycles. The lowest BCUT2D eigenvalue weighted by atomic mass is 9.99. The summed E-state index contributed by atoms with van der Waals surface area (Å²) in [5.41, 5.74) is 1.54. The van der Waals surface area contributed by atoms with Crippen LogP contribution < -0.4 is 4.74 Å². The summed E-state index contributed by atoms with van der Waals surface area (Å²) in [5.74, 6) is 6.63. The fourth-order valence-corrected chi connectivity index (χ4v) is 4.71. The Labute approximate surface area is 212 Å². The molecule has 0 bridgehead atoms. The first-order valence-corrected chi connectivity index (χ1v) is 12.6. The number of nitrogens with zero attached hydrogens (tertiary/aromatic N) is 4. The third-order valence-corrected chi connectivity index (χ3v) is 7.02. The molecular formula is C28H34N4O4. The van der Waals surface area contributed by atoms with E-state index in [1.165, 1.54) is 12.8 Å². The number of pyridine rings is 2. The van der Waals surface area contributed by atoms with Crippen molar-refractivity contribution in [2.75, 3.05) is 26.7 Å². The van der Waals surface area contributed by atoms with Gasteiger partial charge < -0.3 is 19.6 Å². The summed E-state index contributed by atoms with van der Waals surface area (Å²) < 4.78 is 6.30. The van der Waals surface area contributed by atoms with E-state index in [4.69, 9.17) is 4.74 Å². The van der Waals surface area contributed by atoms with E-state index in [1.807, 2.05) is 13.8 Å². The Morgan fingerprint density at radius 3 is 2.72 bits per heavy atom. The first-order valence-electron chi connectivity index (χ1n) is 12.6. The Kier molecular flexibility index (Phi) is 8.21. The number of aromatic nitrogens is 2. The Bertz CT molecular complexity index is 1140. The molecular weight excluding hydrogens is 456 g/mol. The van der Waals surface area contributed by atoms with Crippen molar-refractivity contribution in [1.29, 1.82) is 0 Å². The summed E-state index contributed by atoms with van der Waals surface area (Å²) in [6.45, 7) is 4.32. The van der Waals surface area contributed by atoms with E-state index in [1.54, 1.807) is 53.6 Å². The van der Waals surface area contributed by atoms with Crippen LogP contribution in [0, 0.1) is 23.7 Å². The number of carbonyl (C=O) groups is 2. The number of fused-ring (bicyclic) bond motifs is 1. The van der Waals surface area contributed by atoms with Gasteiger partial charge in [-0.25, -0.2) is 4.98 Å². The molecule has 2 aromatic heterocycles. The average molecular weight is 491 g/mol. The van der Waals surface area contributed by atoms with Gasteiger partial charge in [0.2, 0.25) is 5.88 Å². The summed E-state index contributed by atoms with van der Waals surface area (Å²) >= 11 is 0. The summed E-state index contributed by atoms with van der Waals surface area (Å²) in [7, 11) is 1.73. The zero-order valence-electron chi connectivity index (χ0n) is 21.2. The minimum atomic E-state index is -0.413. The third-order valence-electron chi connectivity index (χ3n) is 7.02. The lowest BCUT2D eigenvalue weighted by molar-refractivity contribution is 0.0313. The van der Waals surface area contributed by atoms with Gasteiger partial charge in [0.25, 0.3) is 11.8 Å². The molecule has 1 aliphatic heterocycles. The number of rotatable bonds is 5. The van der Waals surface area contributed by atoms with Gasteiger partial charge in [-0.3, -0.25) is 14.6 Å². The molecule has 2 aromatic rings. The highest BCUT2D eigenvalue weighted by molar-refractivity contribution is 5.97. The molecule has 0 radical (unpaired) electrons. The number of amides is 2. The third kappa shape index (κ3) is 5.85. The molecule has 8 heteroatoms. The van der Waals surface area contributed by atoms with Crippen LogP contribution in [0.3, 0.4) is 0 Å². The van der Waals surface area contributed by atoms with Crippen LogP contribution in [0.4, 0.5) is 0 Å². The topological polar surface area (TPSA) is 95.9 Å². The molecule has 0 spiro atoms. The van der Waals surface area contributed by atoms with Crippen molar-refractivity contribution in [1.82, 2.24) is 19.8 Å². The number of hydrogen-bond donors (Lipinski definition) is 1. The van der Waals surface area contributed by atoms with Gasteiger partial charge in [-0.1, -0.05) is 31.6 Å². The number of ether oxygens (including phenoxy) is 1. The van der Waals surface area contributed by atoms with E-state index in [9.17, 15) is 14.7 Å². The van der Waals surface area contributed by atoms with Gasteiger partial charge in [0.05, 0.1) is 19.2 Å². The van der Waals surface area contributed by atoms with Crippen LogP contribution >= 0.6 is 0 Å². The van der Waals surface area contributed by atoms with Gasteiger partial charge in [0, 0.05) is 55.1 Å². The van der Waals surface area contributed by atoms with Crippen molar-refractivity contribution in [2.24, 2.45) is 11.8 Å². The van der Waals surface area contributed by atoms with Crippen molar-refractivity contribution in [3.05, 3.63) is 53.5 Å². The van der Waals surface area contributed by atoms with Crippen LogP contribution in [0.2, 0.25) is 0 Å². The van der Waals surface area contributed by atoms with Crippen LogP contribution in [0.25, 0.3) is 0 Å². The van der Waals surface area contributed by atoms with E-state index in [2.05, 4.69) is 21.8 Å². The number of carbonyl (C=O) groups excluding carboxylic acids is 2. The highest BCUT2D eigenvalue weighted by atomic mass is 16.5. The minimum Gasteiger partial charge on any atom is -0.472 e. The van der Waals surface area contributed by atoms with Crippen LogP contribution in [0.5, 0.6) is 5.88 Å². The van der Waals surface area contributed by atoms with Crippen LogP contribution in [0.1, 0.15) is 65.8 Å². The predicted molar refractivity (Wildman–Crippen MR) is 135 cm³/mol. The van der Waals surface area contributed by atoms with Crippen molar-refractivity contribution in [3.63, 3.8) is 0 Å². The normalized spacial score (nSPS) is 20.9. The lowest BCUT2D eigenvalue weighted by Crippen LogP contribution is -2.50. The van der Waals surface area contributed by atoms with Gasteiger partial charge in [-0.15, -0.1) is 0 Å². The Morgan fingerprint density at radius 2 is 2.03 bits per heavy atom. The minimum absolute atomic E-state index is 0.118. The molecule has 1 aliphatic carbocycles. The highest BCUT2D eigenvalue weighted by Crippen LogP contribution is 2.28. The number of hydrogen-bond acceptors (Lipinski definition) is 6. The number of likely N-dealkylation sites (N-methyl/N-ethyl adjacent to an activating group) is 1. The maximum absolute atomic E-state index is 13.5. The van der Waals surface area contributed by atoms with Crippen LogP contribution in [-0.2, 0) is 0 Å². The Balaban J connectivity index is 1.62. The lowest BCUT2D eigenvalue weighted by Gasteiger charge is -2.37. The zero-order valence-corrected chi connectivity index (χ0v) is 21.2. The van der Waals surface area contributed by atoms with E-state index < -0.39 is 6.10 Å². The standard InChI is InChI=1S/C28H34N4O4/c1-19-16-32(20(2)18-33)28(35)24-14-22(9-8-21-6-4-5-7-21)15-30-26(24)36-25(19)17-31(3)27(34)23-10-12-29-13-11-23/h10-15,19-21,25,33H,4-7,16-18H2,1-3H3/t19-,20+,25+/m1/s1. The van der Waals surface area contributed by atoms with E-state index in [0.29, 0.717) is 35.7 Å². The summed E-state index contributed by atoms with van der Waals surface area (Å²) in [5, 5.41) is 9.85. The summed E-state index contributed by atoms with van der Waals surface area (Å²) in [6, 6.07) is 4.71. The molecule has 4 rings (SSSR count). The van der Waals surface area contributed by atoms with Crippen LogP contribution in [-0.4, -0.2) is 75.6 Å². The smallest absolute Gasteiger partial charge is 0.259 e. The molecule has 0 saturated heterocycles. The van der Waals surface area contributed by atoms with E-state index in [0.717, 1.165) is 12.8 Å². The molecule has 2 amide bonds. The van der Waals surface area contributed by atoms with Crippen molar-refractivity contribution in [3.8, 4) is 17.7 Å². The molecule has 8 nitrogen and oxygen atoms in total. The summed E-state index contributed by atoms with van der Waals surface area (Å²) in [6.07, 6.45) is 9.04.